The third-order valence-corrected chi connectivity index (χ3v) is 4.15. The quantitative estimate of drug-likeness (QED) is 0.455. The second-order valence-corrected chi connectivity index (χ2v) is 7.05. The molecule has 9 nitrogen and oxygen atoms in total. The van der Waals surface area contributed by atoms with Gasteiger partial charge in [0.25, 0.3) is 15.7 Å². The summed E-state index contributed by atoms with van der Waals surface area (Å²) < 4.78 is 32.6. The van der Waals surface area contributed by atoms with E-state index in [2.05, 4.69) is 9.97 Å². The Balaban J connectivity index is 2.31. The van der Waals surface area contributed by atoms with Crippen LogP contribution in [-0.2, 0) is 19.0 Å². The van der Waals surface area contributed by atoms with Gasteiger partial charge >= 0.3 is 0 Å². The monoisotopic (exact) mass is 345 g/mol. The molecule has 1 aromatic heterocycles. The summed E-state index contributed by atoms with van der Waals surface area (Å²) in [6.45, 7) is 2.77. The van der Waals surface area contributed by atoms with Gasteiger partial charge in [0.1, 0.15) is 17.5 Å². The third kappa shape index (κ3) is 4.93. The Kier molecular flexibility index (Phi) is 5.63. The number of hydrogen-bond acceptors (Lipinski definition) is 7. The zero-order chi connectivity index (χ0) is 17.0. The van der Waals surface area contributed by atoms with Crippen LogP contribution < -0.4 is 10.9 Å². The van der Waals surface area contributed by atoms with Crippen LogP contribution in [0.3, 0.4) is 0 Å². The molecular weight excluding hydrogens is 324 g/mol. The normalized spacial score (nSPS) is 17.8. The minimum absolute atomic E-state index is 0.115. The number of H-pyrrole nitrogens is 1. The van der Waals surface area contributed by atoms with Crippen LogP contribution in [-0.4, -0.2) is 50.1 Å². The minimum atomic E-state index is -3.67. The van der Waals surface area contributed by atoms with Crippen LogP contribution in [0.25, 0.3) is 0 Å². The van der Waals surface area contributed by atoms with Gasteiger partial charge in [-0.2, -0.15) is 13.4 Å². The molecule has 0 aromatic carbocycles. The highest BCUT2D eigenvalue weighted by molar-refractivity contribution is 7.86. The van der Waals surface area contributed by atoms with Gasteiger partial charge in [-0.25, -0.2) is 0 Å². The Bertz CT molecular complexity index is 724. The van der Waals surface area contributed by atoms with Gasteiger partial charge in [0.15, 0.2) is 0 Å². The van der Waals surface area contributed by atoms with Crippen molar-refractivity contribution in [1.29, 1.82) is 5.41 Å². The molecule has 0 saturated carbocycles. The first kappa shape index (κ1) is 17.7. The summed E-state index contributed by atoms with van der Waals surface area (Å²) in [6.07, 6.45) is 2.60. The molecule has 2 rings (SSSR count). The molecule has 1 unspecified atom stereocenters. The zero-order valence-corrected chi connectivity index (χ0v) is 13.9. The van der Waals surface area contributed by atoms with E-state index in [1.54, 1.807) is 0 Å². The highest BCUT2D eigenvalue weighted by Crippen LogP contribution is 2.15. The molecule has 128 valence electrons. The van der Waals surface area contributed by atoms with E-state index >= 15 is 0 Å². The minimum Gasteiger partial charge on any atom is -0.381 e. The second kappa shape index (κ2) is 7.30. The second-order valence-electron chi connectivity index (χ2n) is 5.45. The average molecular weight is 345 g/mol. The molecule has 0 bridgehead atoms. The lowest BCUT2D eigenvalue weighted by Gasteiger charge is -2.20. The fourth-order valence-electron chi connectivity index (χ4n) is 2.39. The largest absolute Gasteiger partial charge is 0.381 e. The first-order chi connectivity index (χ1) is 10.8. The fraction of sp³-hybridized carbons (Fsp3) is 0.615. The van der Waals surface area contributed by atoms with Gasteiger partial charge in [0.05, 0.1) is 25.5 Å². The van der Waals surface area contributed by atoms with Crippen LogP contribution >= 0.6 is 0 Å². The molecular formula is C13H21N4O5S+. The van der Waals surface area contributed by atoms with E-state index in [-0.39, 0.29) is 17.4 Å². The van der Waals surface area contributed by atoms with Crippen molar-refractivity contribution in [3.63, 3.8) is 0 Å². The van der Waals surface area contributed by atoms with E-state index < -0.39 is 21.8 Å². The predicted octanol–water partition coefficient (Wildman–Crippen LogP) is -0.821. The first-order valence-corrected chi connectivity index (χ1v) is 9.07. The van der Waals surface area contributed by atoms with Crippen molar-refractivity contribution in [3.05, 3.63) is 21.7 Å². The molecule has 1 aliphatic rings. The Hall–Kier alpha value is -1.62. The van der Waals surface area contributed by atoms with E-state index in [0.29, 0.717) is 19.0 Å². The summed E-state index contributed by atoms with van der Waals surface area (Å²) in [5.74, 6) is 0.485. The summed E-state index contributed by atoms with van der Waals surface area (Å²) >= 11 is 0. The van der Waals surface area contributed by atoms with Crippen LogP contribution in [0.5, 0.6) is 0 Å². The van der Waals surface area contributed by atoms with Crippen LogP contribution in [0.4, 0.5) is 5.82 Å². The maximum absolute atomic E-state index is 12.1. The number of nitrogens with two attached hydrogens (primary N) is 1. The number of nitrogens with one attached hydrogen (secondary N) is 2. The molecule has 1 saturated heterocycles. The predicted molar refractivity (Wildman–Crippen MR) is 82.5 cm³/mol. The van der Waals surface area contributed by atoms with E-state index in [4.69, 9.17) is 14.3 Å². The standard InChI is InChI=1S/C13H20N4O5S/c1-8(22-23(2,19)20)11-16-12(10(7-14)13(18)17-11)15-9-3-5-21-6-4-9/h7-9,14H,3-6H2,1-2H3,(H2,15,16,17,18)/p+1. The van der Waals surface area contributed by atoms with E-state index in [0.717, 1.165) is 25.3 Å². The smallest absolute Gasteiger partial charge is 0.266 e. The van der Waals surface area contributed by atoms with Crippen molar-refractivity contribution in [2.75, 3.05) is 19.5 Å². The van der Waals surface area contributed by atoms with Crippen molar-refractivity contribution < 1.29 is 22.7 Å². The van der Waals surface area contributed by atoms with Crippen molar-refractivity contribution >= 4 is 22.2 Å². The molecule has 1 atom stereocenters. The lowest BCUT2D eigenvalue weighted by molar-refractivity contribution is -0.619. The highest BCUT2D eigenvalue weighted by atomic mass is 32.2. The molecule has 2 heterocycles. The number of aromatic amines is 1. The SMILES string of the molecule is CC(OS(C)(=O)=O)c1nc([NH2+]C2CCOCC2)c(C=N)c(=O)[nH]1. The molecule has 0 radical (unpaired) electrons. The summed E-state index contributed by atoms with van der Waals surface area (Å²) in [7, 11) is -3.67. The Morgan fingerprint density at radius 1 is 1.48 bits per heavy atom. The van der Waals surface area contributed by atoms with E-state index in [1.165, 1.54) is 6.92 Å². The van der Waals surface area contributed by atoms with Crippen molar-refractivity contribution in [2.45, 2.75) is 31.9 Å². The molecule has 1 fully saturated rings. The molecule has 0 aliphatic carbocycles. The molecule has 0 spiro atoms. The summed E-state index contributed by atoms with van der Waals surface area (Å²) in [4.78, 5) is 18.9. The molecule has 0 amide bonds. The molecule has 1 aromatic rings. The van der Waals surface area contributed by atoms with Crippen LogP contribution in [0.15, 0.2) is 4.79 Å². The third-order valence-electron chi connectivity index (χ3n) is 3.51. The number of rotatable bonds is 6. The van der Waals surface area contributed by atoms with Gasteiger partial charge in [-0.15, -0.1) is 0 Å². The van der Waals surface area contributed by atoms with Crippen LogP contribution in [0.2, 0.25) is 0 Å². The zero-order valence-electron chi connectivity index (χ0n) is 13.0. The summed E-state index contributed by atoms with van der Waals surface area (Å²) in [5, 5.41) is 9.25. The highest BCUT2D eigenvalue weighted by Gasteiger charge is 2.24. The van der Waals surface area contributed by atoms with Gasteiger partial charge in [-0.3, -0.25) is 14.3 Å². The number of nitrogens with zero attached hydrogens (tertiary/aromatic N) is 1. The summed E-state index contributed by atoms with van der Waals surface area (Å²) in [6, 6.07) is 0.204. The van der Waals surface area contributed by atoms with Gasteiger partial charge in [-0.1, -0.05) is 0 Å². The summed E-state index contributed by atoms with van der Waals surface area (Å²) in [5.41, 5.74) is -0.348. The lowest BCUT2D eigenvalue weighted by atomic mass is 10.1. The number of hydrogen-bond donors (Lipinski definition) is 3. The van der Waals surface area contributed by atoms with Crippen LogP contribution in [0.1, 0.15) is 37.3 Å². The first-order valence-electron chi connectivity index (χ1n) is 7.25. The molecule has 23 heavy (non-hydrogen) atoms. The average Bonchev–Trinajstić information content (AvgIpc) is 2.46. The number of quaternary nitrogens is 1. The van der Waals surface area contributed by atoms with Crippen molar-refractivity contribution in [3.8, 4) is 0 Å². The number of aromatic nitrogens is 2. The van der Waals surface area contributed by atoms with Crippen molar-refractivity contribution in [2.24, 2.45) is 0 Å². The van der Waals surface area contributed by atoms with Gasteiger partial charge in [0, 0.05) is 19.1 Å². The van der Waals surface area contributed by atoms with E-state index in [1.807, 2.05) is 5.32 Å². The number of ether oxygens (including phenoxy) is 1. The maximum atomic E-state index is 12.1. The Labute approximate surface area is 134 Å². The Morgan fingerprint density at radius 3 is 2.70 bits per heavy atom. The lowest BCUT2D eigenvalue weighted by Crippen LogP contribution is -2.86. The van der Waals surface area contributed by atoms with E-state index in [9.17, 15) is 13.2 Å². The molecule has 10 heteroatoms. The van der Waals surface area contributed by atoms with Gasteiger partial charge in [0.2, 0.25) is 5.82 Å². The molecule has 4 N–H and O–H groups in total. The topological polar surface area (TPSA) is 139 Å². The van der Waals surface area contributed by atoms with Crippen LogP contribution in [0, 0.1) is 5.41 Å². The van der Waals surface area contributed by atoms with Gasteiger partial charge < -0.3 is 15.1 Å². The van der Waals surface area contributed by atoms with Gasteiger partial charge in [-0.05, 0) is 6.92 Å². The Morgan fingerprint density at radius 2 is 2.13 bits per heavy atom. The fourth-order valence-corrected chi connectivity index (χ4v) is 3.01. The maximum Gasteiger partial charge on any atom is 0.266 e. The van der Waals surface area contributed by atoms with Crippen molar-refractivity contribution in [1.82, 2.24) is 9.97 Å². The molecule has 1 aliphatic heterocycles.